The molecule has 0 aromatic heterocycles. The summed E-state index contributed by atoms with van der Waals surface area (Å²) in [7, 11) is 0. The summed E-state index contributed by atoms with van der Waals surface area (Å²) in [6, 6.07) is 5.01. The SMILES string of the molecule is CC1(C)[C@]2(C(=O)Nc3ccc(Cl)c(Cl)c3)CC[C@@]1(C)C(=O)C2. The summed E-state index contributed by atoms with van der Waals surface area (Å²) in [4.78, 5) is 25.4. The minimum absolute atomic E-state index is 0.0922. The number of anilines is 1. The van der Waals surface area contributed by atoms with E-state index in [1.807, 2.05) is 20.8 Å². The average molecular weight is 340 g/mol. The van der Waals surface area contributed by atoms with Crippen LogP contribution in [0.15, 0.2) is 18.2 Å². The monoisotopic (exact) mass is 339 g/mol. The molecule has 2 fully saturated rings. The van der Waals surface area contributed by atoms with Crippen molar-refractivity contribution in [3.63, 3.8) is 0 Å². The van der Waals surface area contributed by atoms with Crippen LogP contribution in [-0.4, -0.2) is 11.7 Å². The predicted molar refractivity (Wildman–Crippen MR) is 88.3 cm³/mol. The summed E-state index contributed by atoms with van der Waals surface area (Å²) in [5, 5.41) is 3.77. The van der Waals surface area contributed by atoms with E-state index in [1.165, 1.54) is 0 Å². The highest BCUT2D eigenvalue weighted by molar-refractivity contribution is 6.42. The first-order chi connectivity index (χ1) is 10.1. The number of halogens is 2. The van der Waals surface area contributed by atoms with E-state index < -0.39 is 10.8 Å². The number of rotatable bonds is 2. The molecule has 5 heteroatoms. The van der Waals surface area contributed by atoms with Gasteiger partial charge in [-0.1, -0.05) is 44.0 Å². The molecule has 0 aliphatic heterocycles. The molecule has 0 spiro atoms. The largest absolute Gasteiger partial charge is 0.326 e. The maximum atomic E-state index is 13.0. The first kappa shape index (κ1) is 15.8. The van der Waals surface area contributed by atoms with Gasteiger partial charge in [0.1, 0.15) is 5.78 Å². The summed E-state index contributed by atoms with van der Waals surface area (Å²) < 4.78 is 0. The van der Waals surface area contributed by atoms with E-state index in [-0.39, 0.29) is 17.1 Å². The van der Waals surface area contributed by atoms with Crippen molar-refractivity contribution in [1.29, 1.82) is 0 Å². The highest BCUT2D eigenvalue weighted by atomic mass is 35.5. The third kappa shape index (κ3) is 1.82. The number of nitrogens with one attached hydrogen (secondary N) is 1. The topological polar surface area (TPSA) is 46.2 Å². The van der Waals surface area contributed by atoms with Gasteiger partial charge in [-0.3, -0.25) is 9.59 Å². The fourth-order valence-corrected chi connectivity index (χ4v) is 4.48. The third-order valence-corrected chi connectivity index (χ3v) is 7.06. The lowest BCUT2D eigenvalue weighted by Crippen LogP contribution is -2.43. The Labute approximate surface area is 140 Å². The van der Waals surface area contributed by atoms with Crippen LogP contribution < -0.4 is 5.32 Å². The number of hydrogen-bond acceptors (Lipinski definition) is 2. The van der Waals surface area contributed by atoms with E-state index >= 15 is 0 Å². The molecule has 1 aromatic rings. The van der Waals surface area contributed by atoms with Gasteiger partial charge in [0.05, 0.1) is 15.5 Å². The van der Waals surface area contributed by atoms with Crippen molar-refractivity contribution in [2.24, 2.45) is 16.2 Å². The fourth-order valence-electron chi connectivity index (χ4n) is 4.19. The Balaban J connectivity index is 1.92. The van der Waals surface area contributed by atoms with E-state index in [0.29, 0.717) is 22.2 Å². The molecule has 2 atom stereocenters. The molecule has 2 aliphatic carbocycles. The molecule has 1 N–H and O–H groups in total. The molecule has 2 aliphatic rings. The number of carbonyl (C=O) groups excluding carboxylic acids is 2. The average Bonchev–Trinajstić information content (AvgIpc) is 2.73. The number of Topliss-reactive ketones (excluding diaryl/α,β-unsaturated/α-hetero) is 1. The molecular formula is C17H19Cl2NO2. The van der Waals surface area contributed by atoms with Gasteiger partial charge in [-0.15, -0.1) is 0 Å². The molecular weight excluding hydrogens is 321 g/mol. The van der Waals surface area contributed by atoms with E-state index in [4.69, 9.17) is 23.2 Å². The molecule has 3 nitrogen and oxygen atoms in total. The molecule has 0 saturated heterocycles. The summed E-state index contributed by atoms with van der Waals surface area (Å²) in [5.41, 5.74) is -0.776. The van der Waals surface area contributed by atoms with Gasteiger partial charge in [0, 0.05) is 17.5 Å². The molecule has 0 unspecified atom stereocenters. The van der Waals surface area contributed by atoms with E-state index in [9.17, 15) is 9.59 Å². The minimum Gasteiger partial charge on any atom is -0.326 e. The summed E-state index contributed by atoms with van der Waals surface area (Å²) >= 11 is 11.9. The van der Waals surface area contributed by atoms with Crippen molar-refractivity contribution in [2.45, 2.75) is 40.0 Å². The van der Waals surface area contributed by atoms with Crippen molar-refractivity contribution in [1.82, 2.24) is 0 Å². The number of carbonyl (C=O) groups is 2. The molecule has 3 rings (SSSR count). The van der Waals surface area contributed by atoms with Crippen LogP contribution in [0.1, 0.15) is 40.0 Å². The van der Waals surface area contributed by atoms with Crippen molar-refractivity contribution in [3.8, 4) is 0 Å². The Hall–Kier alpha value is -1.06. The molecule has 1 aromatic carbocycles. The summed E-state index contributed by atoms with van der Waals surface area (Å²) in [6.45, 7) is 6.08. The minimum atomic E-state index is -0.634. The molecule has 0 heterocycles. The number of amides is 1. The fraction of sp³-hybridized carbons (Fsp3) is 0.529. The smallest absolute Gasteiger partial charge is 0.231 e. The van der Waals surface area contributed by atoms with E-state index in [2.05, 4.69) is 5.32 Å². The van der Waals surface area contributed by atoms with Gasteiger partial charge in [-0.2, -0.15) is 0 Å². The van der Waals surface area contributed by atoms with Crippen molar-refractivity contribution < 1.29 is 9.59 Å². The van der Waals surface area contributed by atoms with Gasteiger partial charge in [0.15, 0.2) is 0 Å². The number of benzene rings is 1. The summed E-state index contributed by atoms with van der Waals surface area (Å²) in [6.07, 6.45) is 1.84. The maximum Gasteiger partial charge on any atom is 0.231 e. The van der Waals surface area contributed by atoms with Crippen LogP contribution in [0, 0.1) is 16.2 Å². The second-order valence-corrected chi connectivity index (χ2v) is 8.04. The molecule has 2 bridgehead atoms. The van der Waals surface area contributed by atoms with Crippen LogP contribution in [0.3, 0.4) is 0 Å². The number of hydrogen-bond donors (Lipinski definition) is 1. The van der Waals surface area contributed by atoms with Crippen molar-refractivity contribution in [3.05, 3.63) is 28.2 Å². The Bertz CT molecular complexity index is 685. The van der Waals surface area contributed by atoms with Gasteiger partial charge in [-0.25, -0.2) is 0 Å². The molecule has 0 radical (unpaired) electrons. The molecule has 1 amide bonds. The zero-order valence-corrected chi connectivity index (χ0v) is 14.4. The van der Waals surface area contributed by atoms with Crippen LogP contribution in [0.25, 0.3) is 0 Å². The normalized spacial score (nSPS) is 32.3. The first-order valence-corrected chi connectivity index (χ1v) is 8.19. The van der Waals surface area contributed by atoms with Crippen LogP contribution >= 0.6 is 23.2 Å². The Kier molecular flexibility index (Phi) is 3.39. The Morgan fingerprint density at radius 2 is 1.82 bits per heavy atom. The zero-order valence-electron chi connectivity index (χ0n) is 12.9. The van der Waals surface area contributed by atoms with Crippen LogP contribution in [-0.2, 0) is 9.59 Å². The molecule has 2 saturated carbocycles. The van der Waals surface area contributed by atoms with Crippen molar-refractivity contribution in [2.75, 3.05) is 5.32 Å². The predicted octanol–water partition coefficient (Wildman–Crippen LogP) is 4.72. The van der Waals surface area contributed by atoms with E-state index in [1.54, 1.807) is 18.2 Å². The van der Waals surface area contributed by atoms with Gasteiger partial charge in [0.25, 0.3) is 0 Å². The van der Waals surface area contributed by atoms with Crippen LogP contribution in [0.4, 0.5) is 5.69 Å². The lowest BCUT2D eigenvalue weighted by atomic mass is 9.64. The lowest BCUT2D eigenvalue weighted by molar-refractivity contribution is -0.131. The van der Waals surface area contributed by atoms with Gasteiger partial charge in [-0.05, 0) is 36.5 Å². The van der Waals surface area contributed by atoms with E-state index in [0.717, 1.165) is 12.8 Å². The van der Waals surface area contributed by atoms with Crippen LogP contribution in [0.5, 0.6) is 0 Å². The van der Waals surface area contributed by atoms with Gasteiger partial charge in [0.2, 0.25) is 5.91 Å². The summed E-state index contributed by atoms with van der Waals surface area (Å²) in [5.74, 6) is 0.110. The maximum absolute atomic E-state index is 13.0. The number of fused-ring (bicyclic) bond motifs is 2. The third-order valence-electron chi connectivity index (χ3n) is 6.32. The standard InChI is InChI=1S/C17H19Cl2NO2/c1-15(2)16(3)6-7-17(15,9-13(16)21)14(22)20-10-4-5-11(18)12(19)8-10/h4-5,8H,6-7,9H2,1-3H3,(H,20,22)/t16-,17+/m0/s1. The second-order valence-electron chi connectivity index (χ2n) is 7.22. The Morgan fingerprint density at radius 1 is 1.14 bits per heavy atom. The lowest BCUT2D eigenvalue weighted by Gasteiger charge is -2.38. The van der Waals surface area contributed by atoms with Crippen molar-refractivity contribution >= 4 is 40.6 Å². The zero-order chi connectivity index (χ0) is 16.3. The first-order valence-electron chi connectivity index (χ1n) is 7.44. The van der Waals surface area contributed by atoms with Crippen LogP contribution in [0.2, 0.25) is 10.0 Å². The quantitative estimate of drug-likeness (QED) is 0.847. The Morgan fingerprint density at radius 3 is 2.32 bits per heavy atom. The highest BCUT2D eigenvalue weighted by Gasteiger charge is 2.72. The molecule has 118 valence electrons. The van der Waals surface area contributed by atoms with Gasteiger partial charge >= 0.3 is 0 Å². The second kappa shape index (κ2) is 4.72. The number of ketones is 1. The molecule has 22 heavy (non-hydrogen) atoms. The highest BCUT2D eigenvalue weighted by Crippen LogP contribution is 2.70. The van der Waals surface area contributed by atoms with Gasteiger partial charge < -0.3 is 5.32 Å².